The van der Waals surface area contributed by atoms with Gasteiger partial charge >= 0.3 is 0 Å². The Labute approximate surface area is 119 Å². The summed E-state index contributed by atoms with van der Waals surface area (Å²) in [5, 5.41) is 4.85. The summed E-state index contributed by atoms with van der Waals surface area (Å²) in [6, 6.07) is 0.116. The smallest absolute Gasteiger partial charge is 0.256 e. The van der Waals surface area contributed by atoms with Crippen molar-refractivity contribution in [1.82, 2.24) is 15.0 Å². The van der Waals surface area contributed by atoms with Crippen molar-refractivity contribution < 1.29 is 4.84 Å². The molecule has 0 unspecified atom stereocenters. The van der Waals surface area contributed by atoms with Crippen LogP contribution in [0.3, 0.4) is 0 Å². The lowest BCUT2D eigenvalue weighted by molar-refractivity contribution is 0.0869. The Morgan fingerprint density at radius 1 is 1.26 bits per heavy atom. The van der Waals surface area contributed by atoms with Gasteiger partial charge in [-0.2, -0.15) is 15.0 Å². The average molecular weight is 288 g/mol. The molecule has 0 saturated heterocycles. The summed E-state index contributed by atoms with van der Waals surface area (Å²) >= 11 is 5.91. The van der Waals surface area contributed by atoms with Gasteiger partial charge in [-0.3, -0.25) is 4.84 Å². The molecule has 1 N–H and O–H groups in total. The maximum Gasteiger partial charge on any atom is 0.256 e. The zero-order valence-corrected chi connectivity index (χ0v) is 12.7. The lowest BCUT2D eigenvalue weighted by atomic mass is 10.4. The predicted octanol–water partition coefficient (Wildman–Crippen LogP) is 2.90. The van der Waals surface area contributed by atoms with E-state index in [9.17, 15) is 0 Å². The summed E-state index contributed by atoms with van der Waals surface area (Å²) in [4.78, 5) is 18.2. The zero-order chi connectivity index (χ0) is 14.3. The van der Waals surface area contributed by atoms with E-state index in [2.05, 4.69) is 27.2 Å². The summed E-state index contributed by atoms with van der Waals surface area (Å²) in [5.41, 5.74) is 0. The third kappa shape index (κ3) is 5.16. The van der Waals surface area contributed by atoms with Crippen LogP contribution >= 0.6 is 11.6 Å². The molecule has 0 saturated carbocycles. The molecule has 0 radical (unpaired) electrons. The molecule has 6 nitrogen and oxygen atoms in total. The van der Waals surface area contributed by atoms with Gasteiger partial charge in [-0.15, -0.1) is 0 Å². The molecular formula is C12H22ClN5O. The number of rotatable bonds is 8. The molecule has 0 aliphatic heterocycles. The highest BCUT2D eigenvalue weighted by molar-refractivity contribution is 6.28. The van der Waals surface area contributed by atoms with E-state index in [0.717, 1.165) is 19.4 Å². The van der Waals surface area contributed by atoms with E-state index in [-0.39, 0.29) is 11.3 Å². The fraction of sp³-hybridized carbons (Fsp3) is 0.750. The van der Waals surface area contributed by atoms with E-state index in [0.29, 0.717) is 18.5 Å². The van der Waals surface area contributed by atoms with Gasteiger partial charge in [-0.25, -0.2) is 5.06 Å². The number of hydrogen-bond acceptors (Lipinski definition) is 6. The highest BCUT2D eigenvalue weighted by Crippen LogP contribution is 2.16. The minimum absolute atomic E-state index is 0.116. The minimum atomic E-state index is 0.116. The van der Waals surface area contributed by atoms with Crippen molar-refractivity contribution in [2.24, 2.45) is 0 Å². The third-order valence-corrected chi connectivity index (χ3v) is 2.49. The lowest BCUT2D eigenvalue weighted by Crippen LogP contribution is -2.33. The summed E-state index contributed by atoms with van der Waals surface area (Å²) < 4.78 is 0. The molecule has 0 fully saturated rings. The molecule has 19 heavy (non-hydrogen) atoms. The average Bonchev–Trinajstić information content (AvgIpc) is 2.33. The number of unbranched alkanes of at least 4 members (excludes halogenated alkanes) is 1. The van der Waals surface area contributed by atoms with E-state index >= 15 is 0 Å². The molecule has 1 aromatic heterocycles. The number of nitrogens with zero attached hydrogens (tertiary/aromatic N) is 4. The Hall–Kier alpha value is -1.14. The van der Waals surface area contributed by atoms with Crippen molar-refractivity contribution in [2.75, 3.05) is 23.5 Å². The molecule has 0 aliphatic carbocycles. The van der Waals surface area contributed by atoms with Gasteiger partial charge in [-0.05, 0) is 38.8 Å². The SMILES string of the molecule is CCCCON(c1nc(Cl)nc(NCC)n1)C(C)C. The van der Waals surface area contributed by atoms with Crippen LogP contribution < -0.4 is 10.4 Å². The van der Waals surface area contributed by atoms with Crippen LogP contribution in [-0.4, -0.2) is 34.1 Å². The Morgan fingerprint density at radius 3 is 2.58 bits per heavy atom. The Morgan fingerprint density at radius 2 is 2.00 bits per heavy atom. The van der Waals surface area contributed by atoms with Crippen molar-refractivity contribution >= 4 is 23.5 Å². The van der Waals surface area contributed by atoms with Crippen LogP contribution in [0.1, 0.15) is 40.5 Å². The molecule has 7 heteroatoms. The second-order valence-electron chi connectivity index (χ2n) is 4.36. The van der Waals surface area contributed by atoms with Crippen LogP contribution in [0.15, 0.2) is 0 Å². The number of hydrogen-bond donors (Lipinski definition) is 1. The van der Waals surface area contributed by atoms with Gasteiger partial charge in [-0.1, -0.05) is 13.3 Å². The van der Waals surface area contributed by atoms with Crippen LogP contribution in [0.25, 0.3) is 0 Å². The van der Waals surface area contributed by atoms with Gasteiger partial charge in [0.15, 0.2) is 0 Å². The maximum atomic E-state index is 5.91. The fourth-order valence-electron chi connectivity index (χ4n) is 1.42. The van der Waals surface area contributed by atoms with Gasteiger partial charge in [0.2, 0.25) is 11.2 Å². The van der Waals surface area contributed by atoms with Crippen molar-refractivity contribution in [2.45, 2.75) is 46.6 Å². The molecule has 0 spiro atoms. The first kappa shape index (κ1) is 15.9. The number of anilines is 2. The molecule has 0 atom stereocenters. The largest absolute Gasteiger partial charge is 0.354 e. The van der Waals surface area contributed by atoms with E-state index in [1.54, 1.807) is 5.06 Å². The quantitative estimate of drug-likeness (QED) is 0.586. The van der Waals surface area contributed by atoms with Crippen LogP contribution in [0.2, 0.25) is 5.28 Å². The molecule has 0 aromatic carbocycles. The second-order valence-corrected chi connectivity index (χ2v) is 4.70. The highest BCUT2D eigenvalue weighted by Gasteiger charge is 2.16. The monoisotopic (exact) mass is 287 g/mol. The molecule has 0 aliphatic rings. The molecule has 1 heterocycles. The Kier molecular flexibility index (Phi) is 6.80. The van der Waals surface area contributed by atoms with Crippen molar-refractivity contribution in [3.8, 4) is 0 Å². The lowest BCUT2D eigenvalue weighted by Gasteiger charge is -2.25. The maximum absolute atomic E-state index is 5.91. The van der Waals surface area contributed by atoms with E-state index in [4.69, 9.17) is 16.4 Å². The van der Waals surface area contributed by atoms with Gasteiger partial charge in [0, 0.05) is 6.54 Å². The van der Waals surface area contributed by atoms with Crippen LogP contribution in [-0.2, 0) is 4.84 Å². The summed E-state index contributed by atoms with van der Waals surface area (Å²) in [6.45, 7) is 9.46. The standard InChI is InChI=1S/C12H22ClN5O/c1-5-7-8-19-18(9(3)4)12-16-10(13)15-11(17-12)14-6-2/h9H,5-8H2,1-4H3,(H,14,15,16,17). The Balaban J connectivity index is 2.88. The predicted molar refractivity (Wildman–Crippen MR) is 77.5 cm³/mol. The third-order valence-electron chi connectivity index (χ3n) is 2.33. The number of hydroxylamine groups is 1. The van der Waals surface area contributed by atoms with E-state index in [1.807, 2.05) is 20.8 Å². The zero-order valence-electron chi connectivity index (χ0n) is 12.0. The second kappa shape index (κ2) is 8.12. The molecule has 108 valence electrons. The first-order valence-electron chi connectivity index (χ1n) is 6.66. The molecular weight excluding hydrogens is 266 g/mol. The summed E-state index contributed by atoms with van der Waals surface area (Å²) in [5.74, 6) is 0.893. The van der Waals surface area contributed by atoms with Gasteiger partial charge < -0.3 is 5.32 Å². The highest BCUT2D eigenvalue weighted by atomic mass is 35.5. The fourth-order valence-corrected chi connectivity index (χ4v) is 1.58. The number of halogens is 1. The Bertz CT molecular complexity index is 388. The van der Waals surface area contributed by atoms with Crippen molar-refractivity contribution in [3.05, 3.63) is 5.28 Å². The molecule has 1 rings (SSSR count). The van der Waals surface area contributed by atoms with Gasteiger partial charge in [0.25, 0.3) is 5.95 Å². The van der Waals surface area contributed by atoms with Crippen LogP contribution in [0, 0.1) is 0 Å². The topological polar surface area (TPSA) is 63.2 Å². The first-order chi connectivity index (χ1) is 9.08. The molecule has 0 bridgehead atoms. The number of nitrogens with one attached hydrogen (secondary N) is 1. The van der Waals surface area contributed by atoms with Gasteiger partial charge in [0.05, 0.1) is 12.6 Å². The van der Waals surface area contributed by atoms with Gasteiger partial charge in [0.1, 0.15) is 0 Å². The summed E-state index contributed by atoms with van der Waals surface area (Å²) in [7, 11) is 0. The van der Waals surface area contributed by atoms with E-state index in [1.165, 1.54) is 0 Å². The first-order valence-corrected chi connectivity index (χ1v) is 7.03. The minimum Gasteiger partial charge on any atom is -0.354 e. The molecule has 0 amide bonds. The van der Waals surface area contributed by atoms with Crippen LogP contribution in [0.5, 0.6) is 0 Å². The van der Waals surface area contributed by atoms with E-state index < -0.39 is 0 Å². The summed E-state index contributed by atoms with van der Waals surface area (Å²) in [6.07, 6.45) is 2.06. The van der Waals surface area contributed by atoms with Crippen molar-refractivity contribution in [3.63, 3.8) is 0 Å². The van der Waals surface area contributed by atoms with Crippen LogP contribution in [0.4, 0.5) is 11.9 Å². The molecule has 1 aromatic rings. The normalized spacial score (nSPS) is 10.8. The van der Waals surface area contributed by atoms with Crippen molar-refractivity contribution in [1.29, 1.82) is 0 Å². The number of aromatic nitrogens is 3.